The average molecular weight is 541 g/mol. The van der Waals surface area contributed by atoms with Crippen LogP contribution in [0.5, 0.6) is 0 Å². The monoisotopic (exact) mass is 540 g/mol. The molecule has 4 heteroatoms. The first-order chi connectivity index (χ1) is 20.8. The van der Waals surface area contributed by atoms with Crippen molar-refractivity contribution in [1.29, 1.82) is 0 Å². The second kappa shape index (κ2) is 10.8. The molecule has 0 atom stereocenters. The molecule has 0 spiro atoms. The summed E-state index contributed by atoms with van der Waals surface area (Å²) in [6, 6.07) is 44.0. The minimum absolute atomic E-state index is 0.834. The Morgan fingerprint density at radius 3 is 1.83 bits per heavy atom. The number of fused-ring (bicyclic) bond motifs is 7. The van der Waals surface area contributed by atoms with Gasteiger partial charge >= 0.3 is 0 Å². The molecule has 0 aliphatic heterocycles. The van der Waals surface area contributed by atoms with Crippen LogP contribution in [0.25, 0.3) is 71.9 Å². The van der Waals surface area contributed by atoms with E-state index < -0.39 is 0 Å². The maximum Gasteiger partial charge on any atom is 0.145 e. The topological polar surface area (TPSA) is 43.6 Å². The SMILES string of the molecule is C=CC.c1ccc(-c2nc3cc(-c4cnc5c6ccccc6c6ccccc6c5n4)ccc3n2-c2ccccc2)cc1. The maximum absolute atomic E-state index is 5.18. The molecule has 200 valence electrons. The van der Waals surface area contributed by atoms with E-state index in [1.54, 1.807) is 6.08 Å². The van der Waals surface area contributed by atoms with Gasteiger partial charge in [-0.1, -0.05) is 109 Å². The molecule has 0 bridgehead atoms. The first-order valence-electron chi connectivity index (χ1n) is 14.0. The van der Waals surface area contributed by atoms with Gasteiger partial charge in [-0.2, -0.15) is 0 Å². The third-order valence-corrected chi connectivity index (χ3v) is 7.42. The van der Waals surface area contributed by atoms with Crippen LogP contribution >= 0.6 is 0 Å². The van der Waals surface area contributed by atoms with Crippen LogP contribution in [0.2, 0.25) is 0 Å². The lowest BCUT2D eigenvalue weighted by atomic mass is 9.99. The summed E-state index contributed by atoms with van der Waals surface area (Å²) in [5.41, 5.74) is 7.79. The van der Waals surface area contributed by atoms with Gasteiger partial charge in [0.25, 0.3) is 0 Å². The molecule has 6 aromatic carbocycles. The third-order valence-electron chi connectivity index (χ3n) is 7.42. The molecule has 42 heavy (non-hydrogen) atoms. The van der Waals surface area contributed by atoms with Crippen LogP contribution in [0.4, 0.5) is 0 Å². The summed E-state index contributed by atoms with van der Waals surface area (Å²) in [6.45, 7) is 5.25. The number of hydrogen-bond acceptors (Lipinski definition) is 3. The van der Waals surface area contributed by atoms with Gasteiger partial charge in [0.1, 0.15) is 5.82 Å². The molecule has 4 nitrogen and oxygen atoms in total. The Morgan fingerprint density at radius 2 is 1.17 bits per heavy atom. The molecule has 2 heterocycles. The maximum atomic E-state index is 5.18. The lowest BCUT2D eigenvalue weighted by molar-refractivity contribution is 1.10. The van der Waals surface area contributed by atoms with Crippen LogP contribution in [0.1, 0.15) is 6.92 Å². The molecule has 0 N–H and O–H groups in total. The fourth-order valence-electron chi connectivity index (χ4n) is 5.62. The second-order valence-corrected chi connectivity index (χ2v) is 10.1. The summed E-state index contributed by atoms with van der Waals surface area (Å²) in [5.74, 6) is 0.913. The summed E-state index contributed by atoms with van der Waals surface area (Å²) in [6.07, 6.45) is 3.64. The Kier molecular flexibility index (Phi) is 6.49. The van der Waals surface area contributed by atoms with Gasteiger partial charge in [0, 0.05) is 27.6 Å². The van der Waals surface area contributed by atoms with Crippen molar-refractivity contribution in [3.8, 4) is 28.3 Å². The lowest BCUT2D eigenvalue weighted by Crippen LogP contribution is -1.97. The minimum Gasteiger partial charge on any atom is -0.292 e. The zero-order valence-electron chi connectivity index (χ0n) is 23.3. The highest BCUT2D eigenvalue weighted by molar-refractivity contribution is 6.23. The molecule has 0 fully saturated rings. The van der Waals surface area contributed by atoms with Crippen molar-refractivity contribution in [3.63, 3.8) is 0 Å². The van der Waals surface area contributed by atoms with Crippen LogP contribution in [0.15, 0.2) is 146 Å². The van der Waals surface area contributed by atoms with Gasteiger partial charge in [-0.15, -0.1) is 6.58 Å². The highest BCUT2D eigenvalue weighted by atomic mass is 15.1. The van der Waals surface area contributed by atoms with E-state index in [4.69, 9.17) is 15.0 Å². The van der Waals surface area contributed by atoms with E-state index in [0.717, 1.165) is 61.2 Å². The molecule has 0 unspecified atom stereocenters. The lowest BCUT2D eigenvalue weighted by Gasteiger charge is -2.11. The summed E-state index contributed by atoms with van der Waals surface area (Å²) in [5, 5.41) is 4.62. The van der Waals surface area contributed by atoms with Crippen molar-refractivity contribution in [3.05, 3.63) is 146 Å². The van der Waals surface area contributed by atoms with E-state index in [1.165, 1.54) is 10.8 Å². The Balaban J connectivity index is 0.000000923. The van der Waals surface area contributed by atoms with Crippen LogP contribution in [-0.2, 0) is 0 Å². The first kappa shape index (κ1) is 25.4. The van der Waals surface area contributed by atoms with E-state index in [1.807, 2.05) is 37.4 Å². The summed E-state index contributed by atoms with van der Waals surface area (Å²) in [4.78, 5) is 15.2. The van der Waals surface area contributed by atoms with Gasteiger partial charge < -0.3 is 0 Å². The smallest absolute Gasteiger partial charge is 0.145 e. The van der Waals surface area contributed by atoms with E-state index in [0.29, 0.717) is 0 Å². The molecule has 0 aliphatic rings. The third kappa shape index (κ3) is 4.30. The molecule has 0 saturated heterocycles. The van der Waals surface area contributed by atoms with Crippen LogP contribution in [-0.4, -0.2) is 19.5 Å². The van der Waals surface area contributed by atoms with Gasteiger partial charge in [-0.3, -0.25) is 9.55 Å². The number of imidazole rings is 1. The highest BCUT2D eigenvalue weighted by Gasteiger charge is 2.16. The first-order valence-corrected chi connectivity index (χ1v) is 14.0. The quantitative estimate of drug-likeness (QED) is 0.165. The van der Waals surface area contributed by atoms with E-state index >= 15 is 0 Å². The molecular formula is C38H28N4. The molecule has 0 saturated carbocycles. The molecule has 2 aromatic heterocycles. The van der Waals surface area contributed by atoms with Crippen molar-refractivity contribution in [2.45, 2.75) is 6.92 Å². The second-order valence-electron chi connectivity index (χ2n) is 10.1. The van der Waals surface area contributed by atoms with E-state index in [-0.39, 0.29) is 0 Å². The number of allylic oxidation sites excluding steroid dienone is 1. The van der Waals surface area contributed by atoms with Gasteiger partial charge in [0.15, 0.2) is 0 Å². The number of nitrogens with zero attached hydrogens (tertiary/aromatic N) is 4. The fraction of sp³-hybridized carbons (Fsp3) is 0.0263. The molecule has 8 aromatic rings. The molecule has 0 amide bonds. The number of rotatable bonds is 3. The van der Waals surface area contributed by atoms with Gasteiger partial charge in [0.05, 0.1) is 34.0 Å². The Hall–Kier alpha value is -5.61. The van der Waals surface area contributed by atoms with Gasteiger partial charge in [-0.25, -0.2) is 9.97 Å². The standard InChI is InChI=1S/C35H22N4.C3H6/c1-3-11-23(12-4-1)35-38-30-21-24(19-20-32(30)39(35)25-13-5-2-6-14-25)31-22-36-33-28-17-9-7-15-26(28)27-16-8-10-18-29(27)34(33)37-31;1-3-2/h1-22H;3H,1H2,2H3. The van der Waals surface area contributed by atoms with Crippen LogP contribution in [0, 0.1) is 0 Å². The average Bonchev–Trinajstić information content (AvgIpc) is 3.45. The largest absolute Gasteiger partial charge is 0.292 e. The van der Waals surface area contributed by atoms with Gasteiger partial charge in [0.2, 0.25) is 0 Å². The highest BCUT2D eigenvalue weighted by Crippen LogP contribution is 2.35. The van der Waals surface area contributed by atoms with Crippen molar-refractivity contribution < 1.29 is 0 Å². The fourth-order valence-corrected chi connectivity index (χ4v) is 5.62. The van der Waals surface area contributed by atoms with Crippen molar-refractivity contribution in [2.75, 3.05) is 0 Å². The number of benzene rings is 6. The predicted octanol–water partition coefficient (Wildman–Crippen LogP) is 9.80. The predicted molar refractivity (Wildman–Crippen MR) is 176 cm³/mol. The Morgan fingerprint density at radius 1 is 0.595 bits per heavy atom. The minimum atomic E-state index is 0.834. The Bertz CT molecular complexity index is 2180. The van der Waals surface area contributed by atoms with E-state index in [2.05, 4.69) is 114 Å². The van der Waals surface area contributed by atoms with Crippen LogP contribution in [0.3, 0.4) is 0 Å². The number of para-hydroxylation sites is 1. The van der Waals surface area contributed by atoms with Crippen molar-refractivity contribution >= 4 is 43.6 Å². The normalized spacial score (nSPS) is 11.1. The van der Waals surface area contributed by atoms with Crippen molar-refractivity contribution in [2.24, 2.45) is 0 Å². The number of hydrogen-bond donors (Lipinski definition) is 0. The van der Waals surface area contributed by atoms with E-state index in [9.17, 15) is 0 Å². The van der Waals surface area contributed by atoms with Gasteiger partial charge in [-0.05, 0) is 42.0 Å². The molecule has 0 aliphatic carbocycles. The summed E-state index contributed by atoms with van der Waals surface area (Å²) in [7, 11) is 0. The number of aromatic nitrogens is 4. The summed E-state index contributed by atoms with van der Waals surface area (Å²) >= 11 is 0. The summed E-state index contributed by atoms with van der Waals surface area (Å²) < 4.78 is 2.22. The molecular weight excluding hydrogens is 512 g/mol. The Labute approximate surface area is 244 Å². The van der Waals surface area contributed by atoms with Crippen molar-refractivity contribution in [1.82, 2.24) is 19.5 Å². The molecule has 8 rings (SSSR count). The molecule has 0 radical (unpaired) electrons. The zero-order valence-corrected chi connectivity index (χ0v) is 23.3. The zero-order chi connectivity index (χ0) is 28.5. The van der Waals surface area contributed by atoms with Crippen LogP contribution < -0.4 is 0 Å².